The Morgan fingerprint density at radius 1 is 0.929 bits per heavy atom. The summed E-state index contributed by atoms with van der Waals surface area (Å²) in [5.41, 5.74) is 0. The second-order valence-corrected chi connectivity index (χ2v) is 4.77. The quantitative estimate of drug-likeness (QED) is 0.636. The summed E-state index contributed by atoms with van der Waals surface area (Å²) in [4.78, 5) is 22.6. The molecule has 0 saturated heterocycles. The highest BCUT2D eigenvalue weighted by Crippen LogP contribution is 2.32. The third-order valence-corrected chi connectivity index (χ3v) is 3.39. The standard InChI is InChI=1S/C12H20O2/c1-8-6-11(9(2)13)4-5-12(7-8)10(3)14/h8,11-12H,4-7H2,1-3H3. The van der Waals surface area contributed by atoms with Gasteiger partial charge in [-0.3, -0.25) is 9.59 Å². The predicted octanol–water partition coefficient (Wildman–Crippen LogP) is 2.61. The third kappa shape index (κ3) is 2.93. The molecule has 1 aliphatic rings. The van der Waals surface area contributed by atoms with Crippen LogP contribution in [-0.4, -0.2) is 11.6 Å². The monoisotopic (exact) mass is 196 g/mol. The lowest BCUT2D eigenvalue weighted by molar-refractivity contribution is -0.122. The zero-order chi connectivity index (χ0) is 10.7. The molecule has 80 valence electrons. The Morgan fingerprint density at radius 3 is 1.57 bits per heavy atom. The lowest BCUT2D eigenvalue weighted by Gasteiger charge is -2.13. The van der Waals surface area contributed by atoms with Gasteiger partial charge in [0.05, 0.1) is 0 Å². The van der Waals surface area contributed by atoms with E-state index >= 15 is 0 Å². The van der Waals surface area contributed by atoms with Gasteiger partial charge in [-0.1, -0.05) is 6.92 Å². The summed E-state index contributed by atoms with van der Waals surface area (Å²) >= 11 is 0. The van der Waals surface area contributed by atoms with Crippen molar-refractivity contribution in [1.29, 1.82) is 0 Å². The first-order valence-corrected chi connectivity index (χ1v) is 5.51. The van der Waals surface area contributed by atoms with E-state index in [4.69, 9.17) is 0 Å². The van der Waals surface area contributed by atoms with Gasteiger partial charge in [0, 0.05) is 11.8 Å². The van der Waals surface area contributed by atoms with Crippen LogP contribution in [-0.2, 0) is 9.59 Å². The fourth-order valence-electron chi connectivity index (χ4n) is 2.44. The van der Waals surface area contributed by atoms with Crippen LogP contribution in [0.2, 0.25) is 0 Å². The summed E-state index contributed by atoms with van der Waals surface area (Å²) in [6.07, 6.45) is 3.76. The van der Waals surface area contributed by atoms with Gasteiger partial charge >= 0.3 is 0 Å². The molecule has 1 saturated carbocycles. The predicted molar refractivity (Wildman–Crippen MR) is 56.0 cm³/mol. The second kappa shape index (κ2) is 4.72. The van der Waals surface area contributed by atoms with Crippen LogP contribution in [0.3, 0.4) is 0 Å². The molecule has 14 heavy (non-hydrogen) atoms. The molecule has 0 radical (unpaired) electrons. The van der Waals surface area contributed by atoms with E-state index in [2.05, 4.69) is 6.92 Å². The molecule has 0 N–H and O–H groups in total. The van der Waals surface area contributed by atoms with Crippen LogP contribution in [0.25, 0.3) is 0 Å². The van der Waals surface area contributed by atoms with E-state index in [1.165, 1.54) is 0 Å². The summed E-state index contributed by atoms with van der Waals surface area (Å²) in [6, 6.07) is 0. The molecule has 2 unspecified atom stereocenters. The first kappa shape index (κ1) is 11.4. The van der Waals surface area contributed by atoms with E-state index < -0.39 is 0 Å². The summed E-state index contributed by atoms with van der Waals surface area (Å²) in [6.45, 7) is 5.49. The molecule has 2 atom stereocenters. The lowest BCUT2D eigenvalue weighted by atomic mass is 9.91. The van der Waals surface area contributed by atoms with Crippen molar-refractivity contribution in [2.24, 2.45) is 17.8 Å². The van der Waals surface area contributed by atoms with Gasteiger partial charge in [-0.15, -0.1) is 0 Å². The van der Waals surface area contributed by atoms with Crippen LogP contribution in [0.1, 0.15) is 46.5 Å². The van der Waals surface area contributed by atoms with Crippen molar-refractivity contribution < 1.29 is 9.59 Å². The van der Waals surface area contributed by atoms with E-state index in [1.807, 2.05) is 0 Å². The SMILES string of the molecule is CC(=O)C1CCC(C(C)=O)CC(C)C1. The van der Waals surface area contributed by atoms with Crippen LogP contribution in [0, 0.1) is 17.8 Å². The molecule has 0 aromatic rings. The van der Waals surface area contributed by atoms with Gasteiger partial charge in [0.2, 0.25) is 0 Å². The number of hydrogen-bond donors (Lipinski definition) is 0. The molecule has 0 heterocycles. The van der Waals surface area contributed by atoms with Crippen LogP contribution >= 0.6 is 0 Å². The minimum absolute atomic E-state index is 0.203. The maximum Gasteiger partial charge on any atom is 0.132 e. The minimum atomic E-state index is 0.203. The number of carbonyl (C=O) groups is 2. The van der Waals surface area contributed by atoms with Crippen molar-refractivity contribution in [1.82, 2.24) is 0 Å². The molecule has 0 bridgehead atoms. The normalized spacial score (nSPS) is 33.5. The second-order valence-electron chi connectivity index (χ2n) is 4.77. The average molecular weight is 196 g/mol. The van der Waals surface area contributed by atoms with Gasteiger partial charge in [-0.05, 0) is 45.4 Å². The van der Waals surface area contributed by atoms with Gasteiger partial charge in [-0.25, -0.2) is 0 Å². The Balaban J connectivity index is 2.62. The summed E-state index contributed by atoms with van der Waals surface area (Å²) in [5, 5.41) is 0. The van der Waals surface area contributed by atoms with Gasteiger partial charge < -0.3 is 0 Å². The van der Waals surface area contributed by atoms with E-state index in [0.717, 1.165) is 25.7 Å². The van der Waals surface area contributed by atoms with Crippen LogP contribution in [0.5, 0.6) is 0 Å². The van der Waals surface area contributed by atoms with Crippen molar-refractivity contribution in [2.75, 3.05) is 0 Å². The number of rotatable bonds is 2. The van der Waals surface area contributed by atoms with Gasteiger partial charge in [0.1, 0.15) is 11.6 Å². The molecule has 1 fully saturated rings. The average Bonchev–Trinajstić information content (AvgIpc) is 2.26. The molecule has 0 aromatic heterocycles. The molecule has 0 aliphatic heterocycles. The molecule has 0 aromatic carbocycles. The Hall–Kier alpha value is -0.660. The highest BCUT2D eigenvalue weighted by Gasteiger charge is 2.27. The largest absolute Gasteiger partial charge is 0.300 e. The van der Waals surface area contributed by atoms with Crippen molar-refractivity contribution in [3.63, 3.8) is 0 Å². The van der Waals surface area contributed by atoms with Crippen LogP contribution in [0.4, 0.5) is 0 Å². The van der Waals surface area contributed by atoms with E-state index in [9.17, 15) is 9.59 Å². The first-order valence-electron chi connectivity index (χ1n) is 5.51. The zero-order valence-electron chi connectivity index (χ0n) is 9.38. The molecule has 0 amide bonds. The smallest absolute Gasteiger partial charge is 0.132 e. The minimum Gasteiger partial charge on any atom is -0.300 e. The first-order chi connectivity index (χ1) is 6.50. The maximum atomic E-state index is 11.3. The van der Waals surface area contributed by atoms with Crippen molar-refractivity contribution >= 4 is 11.6 Å². The Morgan fingerprint density at radius 2 is 1.29 bits per heavy atom. The molecular weight excluding hydrogens is 176 g/mol. The summed E-state index contributed by atoms with van der Waals surface area (Å²) < 4.78 is 0. The molecule has 1 rings (SSSR count). The Kier molecular flexibility index (Phi) is 3.85. The van der Waals surface area contributed by atoms with Crippen molar-refractivity contribution in [2.45, 2.75) is 46.5 Å². The van der Waals surface area contributed by atoms with Gasteiger partial charge in [0.15, 0.2) is 0 Å². The maximum absolute atomic E-state index is 11.3. The van der Waals surface area contributed by atoms with Gasteiger partial charge in [-0.2, -0.15) is 0 Å². The lowest BCUT2D eigenvalue weighted by Crippen LogP contribution is -2.12. The zero-order valence-corrected chi connectivity index (χ0v) is 9.38. The van der Waals surface area contributed by atoms with Crippen molar-refractivity contribution in [3.8, 4) is 0 Å². The molecule has 0 spiro atoms. The molecule has 2 nitrogen and oxygen atoms in total. The Labute approximate surface area is 86.1 Å². The highest BCUT2D eigenvalue weighted by molar-refractivity contribution is 5.80. The summed E-state index contributed by atoms with van der Waals surface area (Å²) in [5.74, 6) is 1.51. The number of Topliss-reactive ketones (excluding diaryl/α,β-unsaturated/α-hetero) is 2. The number of hydrogen-bond acceptors (Lipinski definition) is 2. The molecule has 1 aliphatic carbocycles. The molecule has 2 heteroatoms. The van der Waals surface area contributed by atoms with Crippen LogP contribution in [0.15, 0.2) is 0 Å². The van der Waals surface area contributed by atoms with E-state index in [0.29, 0.717) is 17.5 Å². The summed E-state index contributed by atoms with van der Waals surface area (Å²) in [7, 11) is 0. The Bertz CT molecular complexity index is 208. The fourth-order valence-corrected chi connectivity index (χ4v) is 2.44. The highest BCUT2D eigenvalue weighted by atomic mass is 16.1. The van der Waals surface area contributed by atoms with Gasteiger partial charge in [0.25, 0.3) is 0 Å². The topological polar surface area (TPSA) is 34.1 Å². The van der Waals surface area contributed by atoms with E-state index in [1.54, 1.807) is 13.8 Å². The van der Waals surface area contributed by atoms with E-state index in [-0.39, 0.29) is 11.8 Å². The fraction of sp³-hybridized carbons (Fsp3) is 0.833. The van der Waals surface area contributed by atoms with Crippen molar-refractivity contribution in [3.05, 3.63) is 0 Å². The van der Waals surface area contributed by atoms with Crippen LogP contribution < -0.4 is 0 Å². The third-order valence-electron chi connectivity index (χ3n) is 3.39. The number of carbonyl (C=O) groups excluding carboxylic acids is 2. The molecular formula is C12H20O2. The number of ketones is 2.